The summed E-state index contributed by atoms with van der Waals surface area (Å²) >= 11 is 1.74. The van der Waals surface area contributed by atoms with Crippen LogP contribution in [0.4, 0.5) is 36.8 Å². The first-order valence-corrected chi connectivity index (χ1v) is 14.4. The second kappa shape index (κ2) is 18.6. The molecule has 2 amide bonds. The smallest absolute Gasteiger partial charge is 0.490 e. The number of carboxylic acid groups (broad SMARTS) is 2. The van der Waals surface area contributed by atoms with Crippen molar-refractivity contribution in [1.82, 2.24) is 20.4 Å². The molecule has 0 saturated carbocycles. The average molecular weight is 696 g/mol. The van der Waals surface area contributed by atoms with Crippen LogP contribution in [0.3, 0.4) is 0 Å². The summed E-state index contributed by atoms with van der Waals surface area (Å²) in [7, 11) is 1.63. The van der Waals surface area contributed by atoms with Crippen LogP contribution < -0.4 is 15.4 Å². The number of H-pyrrole nitrogens is 1. The van der Waals surface area contributed by atoms with Crippen molar-refractivity contribution in [2.75, 3.05) is 51.0 Å². The number of hydrogen-bond acceptors (Lipinski definition) is 8. The number of carbonyl (C=O) groups excluding carboxylic acids is 1. The second-order valence-corrected chi connectivity index (χ2v) is 10.4. The highest BCUT2D eigenvalue weighted by Gasteiger charge is 2.38. The zero-order valence-corrected chi connectivity index (χ0v) is 25.5. The van der Waals surface area contributed by atoms with Crippen LogP contribution in [-0.2, 0) is 20.9 Å². The van der Waals surface area contributed by atoms with Gasteiger partial charge in [-0.15, -0.1) is 11.8 Å². The molecule has 0 unspecified atom stereocenters. The molecule has 4 rings (SSSR count). The van der Waals surface area contributed by atoms with E-state index in [4.69, 9.17) is 29.3 Å². The van der Waals surface area contributed by atoms with Gasteiger partial charge in [-0.05, 0) is 35.4 Å². The highest BCUT2D eigenvalue weighted by atomic mass is 32.2. The van der Waals surface area contributed by atoms with Crippen molar-refractivity contribution in [3.8, 4) is 16.9 Å². The minimum atomic E-state index is -5.08. The second-order valence-electron chi connectivity index (χ2n) is 9.27. The minimum Gasteiger partial charge on any atom is -0.497 e. The molecule has 12 nitrogen and oxygen atoms in total. The van der Waals surface area contributed by atoms with Crippen molar-refractivity contribution in [2.24, 2.45) is 0 Å². The van der Waals surface area contributed by atoms with Gasteiger partial charge in [0.2, 0.25) is 0 Å². The Morgan fingerprint density at radius 2 is 1.64 bits per heavy atom. The Labute approximate surface area is 268 Å². The number of alkyl halides is 6. The first-order valence-electron chi connectivity index (χ1n) is 13.4. The largest absolute Gasteiger partial charge is 0.497 e. The Hall–Kier alpha value is -4.49. The van der Waals surface area contributed by atoms with E-state index in [1.54, 1.807) is 25.1 Å². The molecule has 0 bridgehead atoms. The number of halogens is 6. The van der Waals surface area contributed by atoms with Crippen LogP contribution in [0.5, 0.6) is 5.75 Å². The number of amides is 2. The third-order valence-corrected chi connectivity index (χ3v) is 6.94. The maximum atomic E-state index is 12.6. The summed E-state index contributed by atoms with van der Waals surface area (Å²) < 4.78 is 74.2. The maximum Gasteiger partial charge on any atom is 0.490 e. The van der Waals surface area contributed by atoms with Gasteiger partial charge in [0.25, 0.3) is 0 Å². The lowest BCUT2D eigenvalue weighted by Gasteiger charge is -2.26. The van der Waals surface area contributed by atoms with Crippen LogP contribution in [0.15, 0.2) is 59.8 Å². The van der Waals surface area contributed by atoms with E-state index >= 15 is 0 Å². The third kappa shape index (κ3) is 14.6. The van der Waals surface area contributed by atoms with E-state index in [0.29, 0.717) is 6.54 Å². The van der Waals surface area contributed by atoms with Gasteiger partial charge in [0.15, 0.2) is 0 Å². The van der Waals surface area contributed by atoms with E-state index in [1.165, 1.54) is 0 Å². The lowest BCUT2D eigenvalue weighted by molar-refractivity contribution is -0.193. The number of rotatable bonds is 9. The molecule has 0 radical (unpaired) electrons. The number of aliphatic carboxylic acids is 2. The topological polar surface area (TPSA) is 166 Å². The van der Waals surface area contributed by atoms with Gasteiger partial charge in [0.05, 0.1) is 32.2 Å². The highest BCUT2D eigenvalue weighted by molar-refractivity contribution is 7.99. The molecule has 1 aliphatic heterocycles. The van der Waals surface area contributed by atoms with Crippen LogP contribution in [0.1, 0.15) is 5.56 Å². The maximum absolute atomic E-state index is 12.6. The number of nitrogens with zero attached hydrogens (tertiary/aromatic N) is 2. The number of aromatic nitrogens is 2. The summed E-state index contributed by atoms with van der Waals surface area (Å²) in [5, 5.41) is 27.1. The standard InChI is InChI=1S/C24H29N5O3S.2C2HF3O2/c1-31-21-4-2-3-18(13-21)15-25-24(30)28-22-6-5-19(20-16-26-27-17-20)14-23(22)33-12-9-29-7-10-32-11-8-29;2*3-2(4,5)1(6)7/h2-6,13-14,16-17H,7-12,15H2,1H3,(H,26,27)(H2,25,28,30);2*(H,6,7). The summed E-state index contributed by atoms with van der Waals surface area (Å²) in [4.78, 5) is 33.9. The van der Waals surface area contributed by atoms with E-state index in [-0.39, 0.29) is 6.03 Å². The van der Waals surface area contributed by atoms with E-state index in [1.807, 2.05) is 42.6 Å². The molecule has 1 saturated heterocycles. The number of hydrogen-bond donors (Lipinski definition) is 5. The number of carbonyl (C=O) groups is 3. The summed E-state index contributed by atoms with van der Waals surface area (Å²) in [5.41, 5.74) is 3.83. The molecule has 3 aromatic rings. The fourth-order valence-corrected chi connectivity index (χ4v) is 4.63. The molecule has 0 aliphatic carbocycles. The van der Waals surface area contributed by atoms with Gasteiger partial charge in [0.1, 0.15) is 5.75 Å². The minimum absolute atomic E-state index is 0.246. The number of aromatic amines is 1. The van der Waals surface area contributed by atoms with E-state index < -0.39 is 24.3 Å². The zero-order valence-electron chi connectivity index (χ0n) is 24.7. The molecule has 258 valence electrons. The Bertz CT molecular complexity index is 1410. The lowest BCUT2D eigenvalue weighted by Crippen LogP contribution is -2.37. The number of nitrogens with one attached hydrogen (secondary N) is 3. The summed E-state index contributed by atoms with van der Waals surface area (Å²) in [6, 6.07) is 13.5. The van der Waals surface area contributed by atoms with Crippen LogP contribution in [0, 0.1) is 0 Å². The highest BCUT2D eigenvalue weighted by Crippen LogP contribution is 2.32. The predicted octanol–water partition coefficient (Wildman–Crippen LogP) is 5.10. The fraction of sp³-hybridized carbons (Fsp3) is 0.357. The SMILES string of the molecule is COc1cccc(CNC(=O)Nc2ccc(-c3cn[nH]c3)cc2SCCN2CCOCC2)c1.O=C(O)C(F)(F)F.O=C(O)C(F)(F)F. The van der Waals surface area contributed by atoms with Crippen molar-refractivity contribution < 1.29 is 60.4 Å². The molecule has 47 heavy (non-hydrogen) atoms. The van der Waals surface area contributed by atoms with Gasteiger partial charge in [-0.2, -0.15) is 31.4 Å². The number of ether oxygens (including phenoxy) is 2. The van der Waals surface area contributed by atoms with Crippen molar-refractivity contribution in [3.63, 3.8) is 0 Å². The van der Waals surface area contributed by atoms with Gasteiger partial charge >= 0.3 is 30.3 Å². The van der Waals surface area contributed by atoms with Crippen LogP contribution >= 0.6 is 11.8 Å². The molecule has 5 N–H and O–H groups in total. The zero-order chi connectivity index (χ0) is 35.0. The average Bonchev–Trinajstić information content (AvgIpc) is 3.56. The fourth-order valence-electron chi connectivity index (χ4n) is 3.57. The van der Waals surface area contributed by atoms with Crippen molar-refractivity contribution in [3.05, 3.63) is 60.4 Å². The van der Waals surface area contributed by atoms with E-state index in [9.17, 15) is 31.1 Å². The number of thioether (sulfide) groups is 1. The molecule has 2 heterocycles. The van der Waals surface area contributed by atoms with Crippen molar-refractivity contribution >= 4 is 35.4 Å². The molecule has 19 heteroatoms. The quantitative estimate of drug-likeness (QED) is 0.150. The van der Waals surface area contributed by atoms with Gasteiger partial charge in [0, 0.05) is 48.6 Å². The van der Waals surface area contributed by atoms with Gasteiger partial charge in [-0.1, -0.05) is 18.2 Å². The first kappa shape index (κ1) is 38.7. The van der Waals surface area contributed by atoms with Gasteiger partial charge in [-0.25, -0.2) is 14.4 Å². The van der Waals surface area contributed by atoms with Gasteiger partial charge in [-0.3, -0.25) is 10.00 Å². The Kier molecular flexibility index (Phi) is 15.3. The monoisotopic (exact) mass is 695 g/mol. The molecule has 2 aromatic carbocycles. The molecular formula is C28H31F6N5O7S. The van der Waals surface area contributed by atoms with Crippen LogP contribution in [-0.4, -0.2) is 101 Å². The van der Waals surface area contributed by atoms with Crippen LogP contribution in [0.2, 0.25) is 0 Å². The van der Waals surface area contributed by atoms with Crippen LogP contribution in [0.25, 0.3) is 11.1 Å². The summed E-state index contributed by atoms with van der Waals surface area (Å²) in [5.74, 6) is -3.82. The molecule has 0 atom stereocenters. The molecule has 1 aromatic heterocycles. The Morgan fingerprint density at radius 3 is 2.19 bits per heavy atom. The van der Waals surface area contributed by atoms with Crippen molar-refractivity contribution in [1.29, 1.82) is 0 Å². The summed E-state index contributed by atoms with van der Waals surface area (Å²) in [6.07, 6.45) is -6.50. The number of carboxylic acids is 2. The summed E-state index contributed by atoms with van der Waals surface area (Å²) in [6.45, 7) is 4.91. The molecule has 1 fully saturated rings. The number of anilines is 1. The first-order chi connectivity index (χ1) is 22.1. The van der Waals surface area contributed by atoms with Crippen molar-refractivity contribution in [2.45, 2.75) is 23.8 Å². The Balaban J connectivity index is 0.000000459. The number of benzene rings is 2. The number of urea groups is 1. The Morgan fingerprint density at radius 1 is 1.00 bits per heavy atom. The predicted molar refractivity (Wildman–Crippen MR) is 158 cm³/mol. The van der Waals surface area contributed by atoms with E-state index in [0.717, 1.165) is 71.6 Å². The van der Waals surface area contributed by atoms with Gasteiger partial charge < -0.3 is 30.3 Å². The number of morpholine rings is 1. The third-order valence-electron chi connectivity index (χ3n) is 5.90. The molecular weight excluding hydrogens is 664 g/mol. The lowest BCUT2D eigenvalue weighted by atomic mass is 10.1. The molecule has 1 aliphatic rings. The molecule has 0 spiro atoms. The normalized spacial score (nSPS) is 13.3. The van der Waals surface area contributed by atoms with E-state index in [2.05, 4.69) is 31.8 Å². The number of methoxy groups -OCH3 is 1.